The highest BCUT2D eigenvalue weighted by atomic mass is 32.2. The zero-order chi connectivity index (χ0) is 15.5. The van der Waals surface area contributed by atoms with E-state index in [0.29, 0.717) is 0 Å². The first-order valence-electron chi connectivity index (χ1n) is 7.55. The van der Waals surface area contributed by atoms with Crippen LogP contribution >= 0.6 is 11.8 Å². The molecule has 1 atom stereocenters. The normalized spacial score (nSPS) is 17.1. The molecule has 0 saturated carbocycles. The molecule has 22 heavy (non-hydrogen) atoms. The van der Waals surface area contributed by atoms with Crippen LogP contribution in [0.25, 0.3) is 0 Å². The Balaban J connectivity index is 1.99. The Kier molecular flexibility index (Phi) is 4.39. The SMILES string of the molecule is CCCN1C(=O)c2ccccc2N[C@H]1c1ccc(SC)cc1. The van der Waals surface area contributed by atoms with Gasteiger partial charge in [-0.25, -0.2) is 0 Å². The molecule has 0 aromatic heterocycles. The summed E-state index contributed by atoms with van der Waals surface area (Å²) < 4.78 is 0. The predicted octanol–water partition coefficient (Wildman–Crippen LogP) is 4.39. The van der Waals surface area contributed by atoms with Crippen LogP contribution in [0.2, 0.25) is 0 Å². The Bertz CT molecular complexity index is 669. The summed E-state index contributed by atoms with van der Waals surface area (Å²) in [4.78, 5) is 16.0. The van der Waals surface area contributed by atoms with Crippen LogP contribution in [0.15, 0.2) is 53.4 Å². The van der Waals surface area contributed by atoms with Gasteiger partial charge in [-0.2, -0.15) is 0 Å². The minimum Gasteiger partial charge on any atom is -0.361 e. The van der Waals surface area contributed by atoms with E-state index in [0.717, 1.165) is 29.8 Å². The number of thioether (sulfide) groups is 1. The van der Waals surface area contributed by atoms with Gasteiger partial charge >= 0.3 is 0 Å². The molecule has 0 aliphatic carbocycles. The van der Waals surface area contributed by atoms with E-state index in [1.54, 1.807) is 11.8 Å². The summed E-state index contributed by atoms with van der Waals surface area (Å²) in [5.74, 6) is 0.107. The van der Waals surface area contributed by atoms with Gasteiger partial charge in [0.15, 0.2) is 0 Å². The first kappa shape index (κ1) is 15.0. The fraction of sp³-hybridized carbons (Fsp3) is 0.278. The van der Waals surface area contributed by atoms with Crippen molar-refractivity contribution in [3.8, 4) is 0 Å². The number of hydrogen-bond donors (Lipinski definition) is 1. The molecule has 3 rings (SSSR count). The van der Waals surface area contributed by atoms with Gasteiger partial charge in [-0.1, -0.05) is 31.2 Å². The van der Waals surface area contributed by atoms with Gasteiger partial charge in [0.1, 0.15) is 6.17 Å². The van der Waals surface area contributed by atoms with Gasteiger partial charge in [0.05, 0.1) is 5.56 Å². The standard InChI is InChI=1S/C18H20N2OS/c1-3-12-20-17(13-8-10-14(22-2)11-9-13)19-16-7-5-4-6-15(16)18(20)21/h4-11,17,19H,3,12H2,1-2H3/t17-/m1/s1. The van der Waals surface area contributed by atoms with E-state index < -0.39 is 0 Å². The number of fused-ring (bicyclic) bond motifs is 1. The highest BCUT2D eigenvalue weighted by molar-refractivity contribution is 7.98. The van der Waals surface area contributed by atoms with E-state index in [1.165, 1.54) is 4.90 Å². The first-order valence-corrected chi connectivity index (χ1v) is 8.77. The highest BCUT2D eigenvalue weighted by Crippen LogP contribution is 2.33. The average Bonchev–Trinajstić information content (AvgIpc) is 2.57. The molecule has 0 radical (unpaired) electrons. The van der Waals surface area contributed by atoms with Gasteiger partial charge in [-0.15, -0.1) is 11.8 Å². The van der Waals surface area contributed by atoms with Crippen molar-refractivity contribution in [2.45, 2.75) is 24.4 Å². The zero-order valence-electron chi connectivity index (χ0n) is 12.9. The molecule has 1 aliphatic heterocycles. The molecule has 0 bridgehead atoms. The molecule has 1 amide bonds. The van der Waals surface area contributed by atoms with Gasteiger partial charge in [0, 0.05) is 17.1 Å². The minimum absolute atomic E-state index is 0.0988. The summed E-state index contributed by atoms with van der Waals surface area (Å²) in [5.41, 5.74) is 2.79. The Morgan fingerprint density at radius 2 is 1.86 bits per heavy atom. The molecule has 0 saturated heterocycles. The van der Waals surface area contributed by atoms with Gasteiger partial charge in [-0.05, 0) is 42.5 Å². The van der Waals surface area contributed by atoms with E-state index >= 15 is 0 Å². The number of para-hydroxylation sites is 1. The van der Waals surface area contributed by atoms with Crippen molar-refractivity contribution in [1.29, 1.82) is 0 Å². The minimum atomic E-state index is -0.0988. The monoisotopic (exact) mass is 312 g/mol. The molecule has 0 unspecified atom stereocenters. The summed E-state index contributed by atoms with van der Waals surface area (Å²) in [5, 5.41) is 3.51. The second-order valence-electron chi connectivity index (χ2n) is 5.36. The van der Waals surface area contributed by atoms with Crippen molar-refractivity contribution in [1.82, 2.24) is 4.90 Å². The second kappa shape index (κ2) is 6.44. The maximum atomic E-state index is 12.8. The molecular weight excluding hydrogens is 292 g/mol. The third-order valence-corrected chi connectivity index (χ3v) is 4.66. The lowest BCUT2D eigenvalue weighted by molar-refractivity contribution is 0.0683. The van der Waals surface area contributed by atoms with Crippen molar-refractivity contribution < 1.29 is 4.79 Å². The number of hydrogen-bond acceptors (Lipinski definition) is 3. The summed E-state index contributed by atoms with van der Waals surface area (Å²) >= 11 is 1.72. The Hall–Kier alpha value is -1.94. The van der Waals surface area contributed by atoms with Gasteiger partial charge in [0.2, 0.25) is 0 Å². The van der Waals surface area contributed by atoms with Crippen molar-refractivity contribution in [2.75, 3.05) is 18.1 Å². The smallest absolute Gasteiger partial charge is 0.257 e. The number of carbonyl (C=O) groups is 1. The summed E-state index contributed by atoms with van der Waals surface area (Å²) in [6.07, 6.45) is 2.91. The van der Waals surface area contributed by atoms with E-state index in [2.05, 4.69) is 42.8 Å². The largest absolute Gasteiger partial charge is 0.361 e. The zero-order valence-corrected chi connectivity index (χ0v) is 13.7. The Morgan fingerprint density at radius 3 is 2.55 bits per heavy atom. The van der Waals surface area contributed by atoms with Crippen molar-refractivity contribution in [2.24, 2.45) is 0 Å². The molecule has 1 heterocycles. The van der Waals surface area contributed by atoms with E-state index in [-0.39, 0.29) is 12.1 Å². The van der Waals surface area contributed by atoms with Gasteiger partial charge in [0.25, 0.3) is 5.91 Å². The molecule has 3 nitrogen and oxygen atoms in total. The van der Waals surface area contributed by atoms with Crippen LogP contribution in [-0.2, 0) is 0 Å². The lowest BCUT2D eigenvalue weighted by atomic mass is 10.0. The number of rotatable bonds is 4. The molecule has 0 fully saturated rings. The molecular formula is C18H20N2OS. The van der Waals surface area contributed by atoms with E-state index in [4.69, 9.17) is 0 Å². The van der Waals surface area contributed by atoms with Crippen LogP contribution in [0.3, 0.4) is 0 Å². The molecule has 2 aromatic rings. The Labute approximate surface area is 135 Å². The number of anilines is 1. The maximum absolute atomic E-state index is 12.8. The summed E-state index contributed by atoms with van der Waals surface area (Å²) in [6, 6.07) is 16.2. The molecule has 114 valence electrons. The molecule has 4 heteroatoms. The van der Waals surface area contributed by atoms with Crippen LogP contribution in [-0.4, -0.2) is 23.6 Å². The van der Waals surface area contributed by atoms with Crippen molar-refractivity contribution >= 4 is 23.4 Å². The number of nitrogens with one attached hydrogen (secondary N) is 1. The third kappa shape index (κ3) is 2.71. The number of benzene rings is 2. The van der Waals surface area contributed by atoms with Gasteiger partial charge in [-0.3, -0.25) is 4.79 Å². The lowest BCUT2D eigenvalue weighted by Crippen LogP contribution is -2.43. The van der Waals surface area contributed by atoms with Crippen molar-refractivity contribution in [3.63, 3.8) is 0 Å². The predicted molar refractivity (Wildman–Crippen MR) is 92.4 cm³/mol. The van der Waals surface area contributed by atoms with E-state index in [9.17, 15) is 4.79 Å². The Morgan fingerprint density at radius 1 is 1.14 bits per heavy atom. The topological polar surface area (TPSA) is 32.3 Å². The lowest BCUT2D eigenvalue weighted by Gasteiger charge is -2.38. The quantitative estimate of drug-likeness (QED) is 0.850. The van der Waals surface area contributed by atoms with Crippen molar-refractivity contribution in [3.05, 3.63) is 59.7 Å². The van der Waals surface area contributed by atoms with Gasteiger partial charge < -0.3 is 10.2 Å². The fourth-order valence-corrected chi connectivity index (χ4v) is 3.22. The number of nitrogens with zero attached hydrogens (tertiary/aromatic N) is 1. The first-order chi connectivity index (χ1) is 10.7. The number of amides is 1. The summed E-state index contributed by atoms with van der Waals surface area (Å²) in [7, 11) is 0. The molecule has 1 N–H and O–H groups in total. The number of carbonyl (C=O) groups excluding carboxylic acids is 1. The summed E-state index contributed by atoms with van der Waals surface area (Å²) in [6.45, 7) is 2.84. The van der Waals surface area contributed by atoms with Crippen LogP contribution in [0.1, 0.15) is 35.4 Å². The molecule has 0 spiro atoms. The third-order valence-electron chi connectivity index (χ3n) is 3.92. The van der Waals surface area contributed by atoms with Crippen LogP contribution in [0, 0.1) is 0 Å². The average molecular weight is 312 g/mol. The molecule has 2 aromatic carbocycles. The van der Waals surface area contributed by atoms with Crippen LogP contribution in [0.5, 0.6) is 0 Å². The highest BCUT2D eigenvalue weighted by Gasteiger charge is 2.31. The van der Waals surface area contributed by atoms with Crippen LogP contribution in [0.4, 0.5) is 5.69 Å². The maximum Gasteiger partial charge on any atom is 0.257 e. The molecule has 1 aliphatic rings. The fourth-order valence-electron chi connectivity index (χ4n) is 2.81. The second-order valence-corrected chi connectivity index (χ2v) is 6.24. The van der Waals surface area contributed by atoms with E-state index in [1.807, 2.05) is 29.2 Å². The van der Waals surface area contributed by atoms with Crippen LogP contribution < -0.4 is 5.32 Å².